The van der Waals surface area contributed by atoms with Crippen LogP contribution in [0.25, 0.3) is 0 Å². The summed E-state index contributed by atoms with van der Waals surface area (Å²) in [4.78, 5) is 14.0. The second kappa shape index (κ2) is 5.82. The lowest BCUT2D eigenvalue weighted by Gasteiger charge is -2.33. The van der Waals surface area contributed by atoms with E-state index in [9.17, 15) is 4.79 Å². The van der Waals surface area contributed by atoms with Crippen LogP contribution in [0.4, 0.5) is 5.69 Å². The van der Waals surface area contributed by atoms with Gasteiger partial charge in [0.1, 0.15) is 0 Å². The van der Waals surface area contributed by atoms with Crippen molar-refractivity contribution in [1.82, 2.24) is 5.32 Å². The summed E-state index contributed by atoms with van der Waals surface area (Å²) in [6.07, 6.45) is 0.463. The zero-order valence-electron chi connectivity index (χ0n) is 10.3. The molecule has 1 heterocycles. The fraction of sp³-hybridized carbons (Fsp3) is 0.462. The van der Waals surface area contributed by atoms with Gasteiger partial charge in [-0.15, -0.1) is 0 Å². The van der Waals surface area contributed by atoms with Crippen LogP contribution in [-0.4, -0.2) is 36.8 Å². The van der Waals surface area contributed by atoms with Gasteiger partial charge in [-0.3, -0.25) is 4.79 Å². The van der Waals surface area contributed by atoms with E-state index >= 15 is 0 Å². The highest BCUT2D eigenvalue weighted by Crippen LogP contribution is 2.24. The summed E-state index contributed by atoms with van der Waals surface area (Å²) in [5.41, 5.74) is 2.03. The van der Waals surface area contributed by atoms with E-state index in [0.717, 1.165) is 22.3 Å². The first kappa shape index (κ1) is 13.5. The number of amides is 1. The molecule has 1 amide bonds. The number of aliphatic hydroxyl groups excluding tert-OH is 1. The molecule has 1 aliphatic heterocycles. The van der Waals surface area contributed by atoms with Gasteiger partial charge in [0.2, 0.25) is 5.91 Å². The Labute approximate surface area is 115 Å². The lowest BCUT2D eigenvalue weighted by Crippen LogP contribution is -2.55. The summed E-state index contributed by atoms with van der Waals surface area (Å²) in [5.74, 6) is 0.0389. The van der Waals surface area contributed by atoms with Gasteiger partial charge in [-0.25, -0.2) is 0 Å². The number of benzene rings is 1. The van der Waals surface area contributed by atoms with E-state index in [4.69, 9.17) is 5.11 Å². The molecule has 1 atom stereocenters. The summed E-state index contributed by atoms with van der Waals surface area (Å²) < 4.78 is 1.04. The minimum atomic E-state index is -0.271. The predicted octanol–water partition coefficient (Wildman–Crippen LogP) is 1.44. The molecule has 0 radical (unpaired) electrons. The van der Waals surface area contributed by atoms with E-state index in [1.807, 2.05) is 25.1 Å². The minimum absolute atomic E-state index is 0.0244. The van der Waals surface area contributed by atoms with Crippen molar-refractivity contribution in [1.29, 1.82) is 0 Å². The second-order valence-electron chi connectivity index (χ2n) is 4.44. The smallest absolute Gasteiger partial charge is 0.244 e. The molecular weight excluding hydrogens is 296 g/mol. The van der Waals surface area contributed by atoms with Gasteiger partial charge >= 0.3 is 0 Å². The normalized spacial score (nSPS) is 20.3. The van der Waals surface area contributed by atoms with Crippen LogP contribution in [0.1, 0.15) is 12.0 Å². The summed E-state index contributed by atoms with van der Waals surface area (Å²) in [7, 11) is 0. The van der Waals surface area contributed by atoms with Crippen LogP contribution >= 0.6 is 15.9 Å². The number of nitrogens with one attached hydrogen (secondary N) is 1. The predicted molar refractivity (Wildman–Crippen MR) is 74.7 cm³/mol. The Hall–Kier alpha value is -0.910. The molecule has 18 heavy (non-hydrogen) atoms. The molecular formula is C13H17BrN2O2. The first-order chi connectivity index (χ1) is 8.63. The van der Waals surface area contributed by atoms with Crippen molar-refractivity contribution in [2.24, 2.45) is 0 Å². The van der Waals surface area contributed by atoms with E-state index in [1.54, 1.807) is 4.90 Å². The maximum Gasteiger partial charge on any atom is 0.244 e. The van der Waals surface area contributed by atoms with Crippen molar-refractivity contribution in [2.75, 3.05) is 24.6 Å². The number of aliphatic hydroxyl groups is 1. The zero-order chi connectivity index (χ0) is 13.1. The van der Waals surface area contributed by atoms with Gasteiger partial charge in [0.15, 0.2) is 0 Å². The molecule has 1 fully saturated rings. The lowest BCUT2D eigenvalue weighted by molar-refractivity contribution is -0.122. The van der Waals surface area contributed by atoms with Crippen LogP contribution in [0, 0.1) is 6.92 Å². The fourth-order valence-electron chi connectivity index (χ4n) is 2.14. The monoisotopic (exact) mass is 312 g/mol. The zero-order valence-corrected chi connectivity index (χ0v) is 11.9. The minimum Gasteiger partial charge on any atom is -0.396 e. The molecule has 1 unspecified atom stereocenters. The van der Waals surface area contributed by atoms with E-state index < -0.39 is 0 Å². The summed E-state index contributed by atoms with van der Waals surface area (Å²) in [6.45, 7) is 3.45. The highest BCUT2D eigenvalue weighted by Gasteiger charge is 2.28. The Morgan fingerprint density at radius 2 is 2.33 bits per heavy atom. The first-order valence-electron chi connectivity index (χ1n) is 6.05. The number of piperazine rings is 1. The standard InChI is InChI=1S/C13H17BrN2O2/c1-9-8-10(2-3-11(9)14)16-6-5-15-12(4-7-17)13(16)18/h2-3,8,12,15,17H,4-7H2,1H3. The molecule has 1 aromatic carbocycles. The van der Waals surface area contributed by atoms with Gasteiger partial charge < -0.3 is 15.3 Å². The van der Waals surface area contributed by atoms with E-state index in [0.29, 0.717) is 13.0 Å². The maximum absolute atomic E-state index is 12.3. The molecule has 2 N–H and O–H groups in total. The first-order valence-corrected chi connectivity index (χ1v) is 6.84. The number of hydrogen-bond acceptors (Lipinski definition) is 3. The van der Waals surface area contributed by atoms with Crippen molar-refractivity contribution < 1.29 is 9.90 Å². The van der Waals surface area contributed by atoms with Gasteiger partial charge in [-0.05, 0) is 37.1 Å². The Morgan fingerprint density at radius 1 is 1.56 bits per heavy atom. The average molecular weight is 313 g/mol. The Bertz CT molecular complexity index is 449. The third kappa shape index (κ3) is 2.74. The molecule has 0 aromatic heterocycles. The van der Waals surface area contributed by atoms with E-state index in [1.165, 1.54) is 0 Å². The molecule has 1 aromatic rings. The lowest BCUT2D eigenvalue weighted by atomic mass is 10.1. The second-order valence-corrected chi connectivity index (χ2v) is 5.30. The molecule has 5 heteroatoms. The Balaban J connectivity index is 2.21. The van der Waals surface area contributed by atoms with Crippen LogP contribution in [0.3, 0.4) is 0 Å². The van der Waals surface area contributed by atoms with Crippen LogP contribution in [0.15, 0.2) is 22.7 Å². The van der Waals surface area contributed by atoms with Crippen molar-refractivity contribution in [3.63, 3.8) is 0 Å². The molecule has 1 aliphatic rings. The van der Waals surface area contributed by atoms with Gasteiger partial charge in [0.05, 0.1) is 6.04 Å². The molecule has 0 saturated carbocycles. The van der Waals surface area contributed by atoms with Gasteiger partial charge in [0.25, 0.3) is 0 Å². The number of anilines is 1. The third-order valence-electron chi connectivity index (χ3n) is 3.16. The molecule has 4 nitrogen and oxygen atoms in total. The molecule has 0 aliphatic carbocycles. The number of carbonyl (C=O) groups excluding carboxylic acids is 1. The number of rotatable bonds is 3. The van der Waals surface area contributed by atoms with Crippen LogP contribution in [0.2, 0.25) is 0 Å². The quantitative estimate of drug-likeness (QED) is 0.888. The summed E-state index contributed by atoms with van der Waals surface area (Å²) in [6, 6.07) is 5.63. The number of aryl methyl sites for hydroxylation is 1. The SMILES string of the molecule is Cc1cc(N2CCNC(CCO)C2=O)ccc1Br. The van der Waals surface area contributed by atoms with Crippen LogP contribution in [0.5, 0.6) is 0 Å². The molecule has 0 spiro atoms. The largest absolute Gasteiger partial charge is 0.396 e. The molecule has 1 saturated heterocycles. The van der Waals surface area contributed by atoms with E-state index in [2.05, 4.69) is 21.2 Å². The topological polar surface area (TPSA) is 52.6 Å². The van der Waals surface area contributed by atoms with Crippen LogP contribution < -0.4 is 10.2 Å². The number of carbonyl (C=O) groups is 1. The maximum atomic E-state index is 12.3. The van der Waals surface area contributed by atoms with Crippen molar-refractivity contribution in [3.05, 3.63) is 28.2 Å². The summed E-state index contributed by atoms with van der Waals surface area (Å²) >= 11 is 3.46. The Morgan fingerprint density at radius 3 is 3.00 bits per heavy atom. The number of nitrogens with zero attached hydrogens (tertiary/aromatic N) is 1. The van der Waals surface area contributed by atoms with Gasteiger partial charge in [0, 0.05) is 29.9 Å². The van der Waals surface area contributed by atoms with Crippen LogP contribution in [-0.2, 0) is 4.79 Å². The molecule has 2 rings (SSSR count). The van der Waals surface area contributed by atoms with E-state index in [-0.39, 0.29) is 18.6 Å². The average Bonchev–Trinajstić information content (AvgIpc) is 2.36. The van der Waals surface area contributed by atoms with Gasteiger partial charge in [-0.2, -0.15) is 0 Å². The molecule has 98 valence electrons. The third-order valence-corrected chi connectivity index (χ3v) is 4.05. The highest BCUT2D eigenvalue weighted by molar-refractivity contribution is 9.10. The number of hydrogen-bond donors (Lipinski definition) is 2. The highest BCUT2D eigenvalue weighted by atomic mass is 79.9. The number of halogens is 1. The molecule has 0 bridgehead atoms. The van der Waals surface area contributed by atoms with Crippen molar-refractivity contribution in [3.8, 4) is 0 Å². The van der Waals surface area contributed by atoms with Crippen molar-refractivity contribution in [2.45, 2.75) is 19.4 Å². The summed E-state index contributed by atoms with van der Waals surface area (Å²) in [5, 5.41) is 12.1. The fourth-order valence-corrected chi connectivity index (χ4v) is 2.39. The van der Waals surface area contributed by atoms with Crippen molar-refractivity contribution >= 4 is 27.5 Å². The van der Waals surface area contributed by atoms with Gasteiger partial charge in [-0.1, -0.05) is 15.9 Å². The Kier molecular flexibility index (Phi) is 4.37.